The van der Waals surface area contributed by atoms with E-state index in [1.807, 2.05) is 24.3 Å². The molecule has 1 atom stereocenters. The number of aromatic nitrogens is 1. The van der Waals surface area contributed by atoms with E-state index < -0.39 is 0 Å². The van der Waals surface area contributed by atoms with Gasteiger partial charge < -0.3 is 24.3 Å². The predicted molar refractivity (Wildman–Crippen MR) is 128 cm³/mol. The summed E-state index contributed by atoms with van der Waals surface area (Å²) in [6, 6.07) is 20.0. The van der Waals surface area contributed by atoms with E-state index in [-0.39, 0.29) is 11.8 Å². The molecule has 33 heavy (non-hydrogen) atoms. The van der Waals surface area contributed by atoms with E-state index >= 15 is 0 Å². The van der Waals surface area contributed by atoms with Crippen molar-refractivity contribution in [2.75, 3.05) is 27.9 Å². The van der Waals surface area contributed by atoms with Crippen LogP contribution < -0.4 is 14.2 Å². The molecule has 0 fully saturated rings. The summed E-state index contributed by atoms with van der Waals surface area (Å²) < 4.78 is 16.6. The molecular weight excluding hydrogens is 416 g/mol. The van der Waals surface area contributed by atoms with Crippen LogP contribution in [-0.4, -0.2) is 42.9 Å². The van der Waals surface area contributed by atoms with Crippen molar-refractivity contribution in [3.8, 4) is 23.0 Å². The number of benzene rings is 3. The van der Waals surface area contributed by atoms with Gasteiger partial charge in [0.05, 0.1) is 27.4 Å². The number of nitrogens with zero attached hydrogens (tertiary/aromatic N) is 1. The van der Waals surface area contributed by atoms with Crippen molar-refractivity contribution < 1.29 is 19.3 Å². The number of rotatable bonds is 6. The summed E-state index contributed by atoms with van der Waals surface area (Å²) in [5.41, 5.74) is 5.78. The summed E-state index contributed by atoms with van der Waals surface area (Å²) >= 11 is 0. The molecule has 0 amide bonds. The molecular formula is C27H28N2O4. The standard InChI is InChI=1S/C27H28N2O4/c1-31-23-13-17(14-24(32-2)27(23)33-3)16-29-12-11-21-20-9-4-5-10-22(20)28-25(21)26(29)18-7-6-8-19(30)15-18/h4-10,13-15,26,28,30H,11-12,16H2,1-3H3. The first-order chi connectivity index (χ1) is 16.1. The average molecular weight is 445 g/mol. The molecule has 1 aliphatic heterocycles. The lowest BCUT2D eigenvalue weighted by molar-refractivity contribution is 0.201. The number of H-pyrrole nitrogens is 1. The van der Waals surface area contributed by atoms with Crippen LogP contribution in [0.25, 0.3) is 10.9 Å². The normalized spacial score (nSPS) is 15.9. The van der Waals surface area contributed by atoms with Gasteiger partial charge in [0.25, 0.3) is 0 Å². The smallest absolute Gasteiger partial charge is 0.203 e. The molecule has 6 heteroatoms. The molecule has 4 aromatic rings. The highest BCUT2D eigenvalue weighted by molar-refractivity contribution is 5.85. The summed E-state index contributed by atoms with van der Waals surface area (Å²) in [7, 11) is 4.88. The SMILES string of the molecule is COc1cc(CN2CCc3c([nH]c4ccccc34)C2c2cccc(O)c2)cc(OC)c1OC. The Kier molecular flexibility index (Phi) is 5.60. The number of hydrogen-bond acceptors (Lipinski definition) is 5. The Balaban J connectivity index is 1.60. The van der Waals surface area contributed by atoms with Gasteiger partial charge in [-0.3, -0.25) is 4.90 Å². The van der Waals surface area contributed by atoms with Crippen molar-refractivity contribution in [2.24, 2.45) is 0 Å². The minimum atomic E-state index is -0.0210. The molecule has 2 heterocycles. The second kappa shape index (κ2) is 8.71. The third-order valence-electron chi connectivity index (χ3n) is 6.43. The zero-order chi connectivity index (χ0) is 22.9. The van der Waals surface area contributed by atoms with E-state index in [0.29, 0.717) is 23.8 Å². The summed E-state index contributed by atoms with van der Waals surface area (Å²) in [6.45, 7) is 1.57. The number of aromatic amines is 1. The zero-order valence-electron chi connectivity index (χ0n) is 19.1. The van der Waals surface area contributed by atoms with Gasteiger partial charge in [0.1, 0.15) is 5.75 Å². The van der Waals surface area contributed by atoms with Crippen LogP contribution in [0.15, 0.2) is 60.7 Å². The molecule has 3 aromatic carbocycles. The van der Waals surface area contributed by atoms with Gasteiger partial charge >= 0.3 is 0 Å². The van der Waals surface area contributed by atoms with Crippen molar-refractivity contribution >= 4 is 10.9 Å². The van der Waals surface area contributed by atoms with E-state index in [0.717, 1.165) is 29.6 Å². The Labute approximate surface area is 193 Å². The van der Waals surface area contributed by atoms with E-state index in [1.165, 1.54) is 16.6 Å². The molecule has 1 unspecified atom stereocenters. The van der Waals surface area contributed by atoms with Crippen LogP contribution in [0.2, 0.25) is 0 Å². The van der Waals surface area contributed by atoms with E-state index in [1.54, 1.807) is 27.4 Å². The van der Waals surface area contributed by atoms with Gasteiger partial charge in [0.2, 0.25) is 5.75 Å². The highest BCUT2D eigenvalue weighted by Crippen LogP contribution is 2.42. The quantitative estimate of drug-likeness (QED) is 0.436. The summed E-state index contributed by atoms with van der Waals surface area (Å²) in [4.78, 5) is 6.09. The fraction of sp³-hybridized carbons (Fsp3) is 0.259. The molecule has 0 radical (unpaired) electrons. The van der Waals surface area contributed by atoms with E-state index in [4.69, 9.17) is 14.2 Å². The van der Waals surface area contributed by atoms with Gasteiger partial charge in [-0.15, -0.1) is 0 Å². The minimum Gasteiger partial charge on any atom is -0.508 e. The topological polar surface area (TPSA) is 67.0 Å². The molecule has 5 rings (SSSR count). The van der Waals surface area contributed by atoms with Gasteiger partial charge in [0, 0.05) is 29.7 Å². The first-order valence-electron chi connectivity index (χ1n) is 11.0. The molecule has 0 saturated heterocycles. The number of nitrogens with one attached hydrogen (secondary N) is 1. The Bertz CT molecular complexity index is 1270. The van der Waals surface area contributed by atoms with Crippen LogP contribution >= 0.6 is 0 Å². The Morgan fingerprint density at radius 1 is 0.939 bits per heavy atom. The molecule has 170 valence electrons. The lowest BCUT2D eigenvalue weighted by Crippen LogP contribution is -2.35. The third kappa shape index (κ3) is 3.76. The lowest BCUT2D eigenvalue weighted by Gasteiger charge is -2.36. The number of phenols is 1. The maximum atomic E-state index is 10.2. The van der Waals surface area contributed by atoms with Gasteiger partial charge in [-0.05, 0) is 53.4 Å². The second-order valence-corrected chi connectivity index (χ2v) is 8.31. The number of phenolic OH excluding ortho intramolecular Hbond substituents is 1. The lowest BCUT2D eigenvalue weighted by atomic mass is 9.91. The van der Waals surface area contributed by atoms with Gasteiger partial charge in [-0.1, -0.05) is 30.3 Å². The van der Waals surface area contributed by atoms with Gasteiger partial charge in [-0.2, -0.15) is 0 Å². The highest BCUT2D eigenvalue weighted by atomic mass is 16.5. The monoisotopic (exact) mass is 444 g/mol. The maximum Gasteiger partial charge on any atom is 0.203 e. The molecule has 1 aliphatic rings. The first-order valence-corrected chi connectivity index (χ1v) is 11.0. The Morgan fingerprint density at radius 2 is 1.70 bits per heavy atom. The van der Waals surface area contributed by atoms with Crippen molar-refractivity contribution in [1.82, 2.24) is 9.88 Å². The van der Waals surface area contributed by atoms with Crippen LogP contribution in [-0.2, 0) is 13.0 Å². The van der Waals surface area contributed by atoms with Gasteiger partial charge in [-0.25, -0.2) is 0 Å². The van der Waals surface area contributed by atoms with Crippen LogP contribution in [0.3, 0.4) is 0 Å². The average Bonchev–Trinajstić information content (AvgIpc) is 3.21. The first kappa shape index (κ1) is 21.2. The molecule has 0 bridgehead atoms. The largest absolute Gasteiger partial charge is 0.508 e. The number of methoxy groups -OCH3 is 3. The zero-order valence-corrected chi connectivity index (χ0v) is 19.1. The van der Waals surface area contributed by atoms with Crippen molar-refractivity contribution in [3.05, 3.63) is 83.0 Å². The fourth-order valence-corrected chi connectivity index (χ4v) is 4.99. The summed E-state index contributed by atoms with van der Waals surface area (Å²) in [5, 5.41) is 11.5. The van der Waals surface area contributed by atoms with Crippen molar-refractivity contribution in [2.45, 2.75) is 19.0 Å². The minimum absolute atomic E-state index is 0.0210. The molecule has 2 N–H and O–H groups in total. The van der Waals surface area contributed by atoms with E-state index in [2.05, 4.69) is 40.2 Å². The Hall–Kier alpha value is -3.64. The van der Waals surface area contributed by atoms with E-state index in [9.17, 15) is 5.11 Å². The maximum absolute atomic E-state index is 10.2. The highest BCUT2D eigenvalue weighted by Gasteiger charge is 2.32. The van der Waals surface area contributed by atoms with Crippen LogP contribution in [0.5, 0.6) is 23.0 Å². The molecule has 0 aliphatic carbocycles. The second-order valence-electron chi connectivity index (χ2n) is 8.31. The van der Waals surface area contributed by atoms with Crippen LogP contribution in [0.4, 0.5) is 0 Å². The predicted octanol–water partition coefficient (Wildman–Crippen LogP) is 5.05. The number of ether oxygens (including phenoxy) is 3. The molecule has 0 spiro atoms. The van der Waals surface area contributed by atoms with Crippen molar-refractivity contribution in [1.29, 1.82) is 0 Å². The third-order valence-corrected chi connectivity index (χ3v) is 6.43. The Morgan fingerprint density at radius 3 is 2.39 bits per heavy atom. The van der Waals surface area contributed by atoms with Crippen LogP contribution in [0.1, 0.15) is 28.4 Å². The van der Waals surface area contributed by atoms with Gasteiger partial charge in [0.15, 0.2) is 11.5 Å². The molecule has 6 nitrogen and oxygen atoms in total. The summed E-state index contributed by atoms with van der Waals surface area (Å²) in [6.07, 6.45) is 0.944. The molecule has 1 aromatic heterocycles. The number of aromatic hydroxyl groups is 1. The summed E-state index contributed by atoms with van der Waals surface area (Å²) in [5.74, 6) is 2.14. The number of hydrogen-bond donors (Lipinski definition) is 2. The fourth-order valence-electron chi connectivity index (χ4n) is 4.99. The number of fused-ring (bicyclic) bond motifs is 3. The van der Waals surface area contributed by atoms with Crippen molar-refractivity contribution in [3.63, 3.8) is 0 Å². The number of para-hydroxylation sites is 1. The van der Waals surface area contributed by atoms with Crippen LogP contribution in [0, 0.1) is 0 Å². The molecule has 0 saturated carbocycles.